The molecule has 0 aliphatic heterocycles. The summed E-state index contributed by atoms with van der Waals surface area (Å²) in [6.45, 7) is 0.406. The highest BCUT2D eigenvalue weighted by atomic mass is 32.2. The smallest absolute Gasteiger partial charge is 0.318 e. The summed E-state index contributed by atoms with van der Waals surface area (Å²) in [5.41, 5.74) is 0. The van der Waals surface area contributed by atoms with Gasteiger partial charge in [-0.15, -0.1) is 0 Å². The third-order valence-corrected chi connectivity index (χ3v) is 2.20. The van der Waals surface area contributed by atoms with Gasteiger partial charge < -0.3 is 9.47 Å². The molecule has 0 bridgehead atoms. The van der Waals surface area contributed by atoms with Crippen LogP contribution in [0.5, 0.6) is 0 Å². The van der Waals surface area contributed by atoms with Crippen LogP contribution in [0.3, 0.4) is 0 Å². The van der Waals surface area contributed by atoms with E-state index in [0.29, 0.717) is 12.4 Å². The van der Waals surface area contributed by atoms with Crippen LogP contribution in [0.1, 0.15) is 0 Å². The van der Waals surface area contributed by atoms with Crippen LogP contribution >= 0.6 is 0 Å². The summed E-state index contributed by atoms with van der Waals surface area (Å²) in [7, 11) is 1.65. The molecule has 0 aromatic heterocycles. The maximum Gasteiger partial charge on any atom is 0.318 e. The van der Waals surface area contributed by atoms with Gasteiger partial charge in [0.05, 0.1) is 13.7 Å². The van der Waals surface area contributed by atoms with Gasteiger partial charge in [-0.1, -0.05) is 0 Å². The van der Waals surface area contributed by atoms with Crippen molar-refractivity contribution in [1.82, 2.24) is 0 Å². The first-order valence-electron chi connectivity index (χ1n) is 3.11. The van der Waals surface area contributed by atoms with Gasteiger partial charge in [-0.25, -0.2) is 0 Å². The molecule has 5 heteroatoms. The highest BCUT2D eigenvalue weighted by molar-refractivity contribution is 7.85. The molecule has 4 nitrogen and oxygen atoms in total. The van der Waals surface area contributed by atoms with E-state index in [1.807, 2.05) is 0 Å². The summed E-state index contributed by atoms with van der Waals surface area (Å²) in [5.74, 6) is -0.106. The van der Waals surface area contributed by atoms with Gasteiger partial charge in [0, 0.05) is 23.7 Å². The summed E-state index contributed by atoms with van der Waals surface area (Å²) in [6.07, 6.45) is 0. The molecule has 0 aliphatic rings. The van der Waals surface area contributed by atoms with E-state index in [1.165, 1.54) is 14.2 Å². The van der Waals surface area contributed by atoms with E-state index < -0.39 is 16.8 Å². The molecule has 0 saturated carbocycles. The largest absolute Gasteiger partial charge is 0.468 e. The van der Waals surface area contributed by atoms with E-state index in [2.05, 4.69) is 9.47 Å². The Hall–Kier alpha value is -0.420. The Morgan fingerprint density at radius 2 is 2.09 bits per heavy atom. The number of carbonyl (C=O) groups excluding carboxylic acids is 1. The Bertz CT molecular complexity index is 146. The fourth-order valence-electron chi connectivity index (χ4n) is 0.439. The lowest BCUT2D eigenvalue weighted by Gasteiger charge is -1.98. The Kier molecular flexibility index (Phi) is 6.06. The van der Waals surface area contributed by atoms with Crippen molar-refractivity contribution < 1.29 is 18.5 Å². The van der Waals surface area contributed by atoms with Gasteiger partial charge >= 0.3 is 5.97 Å². The predicted octanol–water partition coefficient (Wildman–Crippen LogP) is -0.446. The van der Waals surface area contributed by atoms with E-state index in [4.69, 9.17) is 0 Å². The first-order valence-corrected chi connectivity index (χ1v) is 4.60. The lowest BCUT2D eigenvalue weighted by molar-refractivity contribution is -0.137. The van der Waals surface area contributed by atoms with Crippen molar-refractivity contribution in [3.05, 3.63) is 0 Å². The average Bonchev–Trinajstić information content (AvgIpc) is 2.00. The van der Waals surface area contributed by atoms with Crippen LogP contribution in [0, 0.1) is 0 Å². The van der Waals surface area contributed by atoms with E-state index in [0.717, 1.165) is 0 Å². The van der Waals surface area contributed by atoms with Crippen LogP contribution in [0.4, 0.5) is 0 Å². The number of methoxy groups -OCH3 is 2. The van der Waals surface area contributed by atoms with Crippen molar-refractivity contribution in [2.75, 3.05) is 32.3 Å². The minimum atomic E-state index is -1.15. The van der Waals surface area contributed by atoms with Gasteiger partial charge in [0.2, 0.25) is 0 Å². The number of hydrogen-bond acceptors (Lipinski definition) is 4. The summed E-state index contributed by atoms with van der Waals surface area (Å²) in [4.78, 5) is 10.5. The van der Waals surface area contributed by atoms with Crippen molar-refractivity contribution in [1.29, 1.82) is 0 Å². The number of ether oxygens (including phenoxy) is 2. The quantitative estimate of drug-likeness (QED) is 0.538. The second kappa shape index (κ2) is 6.30. The third kappa shape index (κ3) is 6.00. The summed E-state index contributed by atoms with van der Waals surface area (Å²) in [6, 6.07) is 0. The van der Waals surface area contributed by atoms with Crippen LogP contribution in [0.15, 0.2) is 0 Å². The minimum absolute atomic E-state index is 0.0418. The molecule has 0 rings (SSSR count). The Morgan fingerprint density at radius 3 is 2.55 bits per heavy atom. The van der Waals surface area contributed by atoms with Crippen LogP contribution < -0.4 is 0 Å². The molecule has 0 heterocycles. The van der Waals surface area contributed by atoms with Crippen LogP contribution in [-0.4, -0.2) is 42.5 Å². The monoisotopic (exact) mass is 180 g/mol. The Labute approximate surface area is 68.3 Å². The van der Waals surface area contributed by atoms with E-state index >= 15 is 0 Å². The van der Waals surface area contributed by atoms with E-state index in [-0.39, 0.29) is 5.75 Å². The Balaban J connectivity index is 3.44. The van der Waals surface area contributed by atoms with Gasteiger partial charge in [0.1, 0.15) is 5.75 Å². The van der Waals surface area contributed by atoms with Gasteiger partial charge in [0.25, 0.3) is 0 Å². The normalized spacial score (nSPS) is 12.5. The molecule has 1 atom stereocenters. The van der Waals surface area contributed by atoms with Crippen LogP contribution in [0.2, 0.25) is 0 Å². The molecule has 0 N–H and O–H groups in total. The zero-order valence-electron chi connectivity index (χ0n) is 6.66. The topological polar surface area (TPSA) is 52.6 Å². The molecule has 0 spiro atoms. The van der Waals surface area contributed by atoms with Crippen molar-refractivity contribution in [2.45, 2.75) is 0 Å². The molecule has 0 radical (unpaired) electrons. The average molecular weight is 180 g/mol. The molecule has 0 aliphatic carbocycles. The standard InChI is InChI=1S/C6H12O4S/c1-9-3-4-11(8)5-6(7)10-2/h3-5H2,1-2H3. The zero-order valence-corrected chi connectivity index (χ0v) is 7.48. The van der Waals surface area contributed by atoms with Crippen molar-refractivity contribution in [3.8, 4) is 0 Å². The van der Waals surface area contributed by atoms with Crippen LogP contribution in [-0.2, 0) is 25.1 Å². The van der Waals surface area contributed by atoms with Gasteiger partial charge in [-0.2, -0.15) is 0 Å². The second-order valence-electron chi connectivity index (χ2n) is 1.86. The van der Waals surface area contributed by atoms with Crippen LogP contribution in [0.25, 0.3) is 0 Å². The van der Waals surface area contributed by atoms with Gasteiger partial charge in [-0.3, -0.25) is 9.00 Å². The third-order valence-electron chi connectivity index (χ3n) is 1.02. The molecule has 1 unspecified atom stereocenters. The maximum atomic E-state index is 10.9. The highest BCUT2D eigenvalue weighted by Crippen LogP contribution is 1.85. The predicted molar refractivity (Wildman–Crippen MR) is 41.8 cm³/mol. The molecule has 66 valence electrons. The molecule has 0 aromatic rings. The number of esters is 1. The first-order chi connectivity index (χ1) is 5.20. The van der Waals surface area contributed by atoms with Gasteiger partial charge in [-0.05, 0) is 0 Å². The first kappa shape index (κ1) is 10.6. The van der Waals surface area contributed by atoms with E-state index in [9.17, 15) is 9.00 Å². The molecule has 0 saturated heterocycles. The van der Waals surface area contributed by atoms with Crippen molar-refractivity contribution >= 4 is 16.8 Å². The summed E-state index contributed by atoms with van der Waals surface area (Å²) >= 11 is 0. The Morgan fingerprint density at radius 1 is 1.45 bits per heavy atom. The molecule has 0 fully saturated rings. The molecular weight excluding hydrogens is 168 g/mol. The second-order valence-corrected chi connectivity index (χ2v) is 3.43. The SMILES string of the molecule is COCCS(=O)CC(=O)OC. The molecule has 11 heavy (non-hydrogen) atoms. The fourth-order valence-corrected chi connectivity index (χ4v) is 1.32. The van der Waals surface area contributed by atoms with E-state index in [1.54, 1.807) is 0 Å². The minimum Gasteiger partial charge on any atom is -0.468 e. The van der Waals surface area contributed by atoms with Crippen molar-refractivity contribution in [2.24, 2.45) is 0 Å². The number of rotatable bonds is 5. The molecular formula is C6H12O4S. The lowest BCUT2D eigenvalue weighted by Crippen LogP contribution is -2.16. The summed E-state index contributed by atoms with van der Waals surface area (Å²) < 4.78 is 19.9. The molecule has 0 aromatic carbocycles. The maximum absolute atomic E-state index is 10.9. The lowest BCUT2D eigenvalue weighted by atomic mass is 10.8. The summed E-state index contributed by atoms with van der Waals surface area (Å²) in [5, 5.41) is 0. The fraction of sp³-hybridized carbons (Fsp3) is 0.833. The number of hydrogen-bond donors (Lipinski definition) is 0. The zero-order chi connectivity index (χ0) is 8.69. The number of carbonyl (C=O) groups is 1. The molecule has 0 amide bonds. The highest BCUT2D eigenvalue weighted by Gasteiger charge is 2.06. The van der Waals surface area contributed by atoms with Gasteiger partial charge in [0.15, 0.2) is 0 Å². The van der Waals surface area contributed by atoms with Crippen molar-refractivity contribution in [3.63, 3.8) is 0 Å².